The Morgan fingerprint density at radius 3 is 2.32 bits per heavy atom. The summed E-state index contributed by atoms with van der Waals surface area (Å²) in [4.78, 5) is 24.1. The third-order valence-electron chi connectivity index (χ3n) is 4.25. The lowest BCUT2D eigenvalue weighted by atomic mass is 10.1. The predicted octanol–water partition coefficient (Wildman–Crippen LogP) is 1.48. The molecule has 2 rings (SSSR count). The first-order valence-corrected chi connectivity index (χ1v) is 10.2. The average molecular weight is 367 g/mol. The van der Waals surface area contributed by atoms with E-state index in [2.05, 4.69) is 15.4 Å². The molecule has 0 atom stereocenters. The van der Waals surface area contributed by atoms with Crippen molar-refractivity contribution < 1.29 is 18.0 Å². The maximum atomic E-state index is 12.1. The molecule has 8 heteroatoms. The maximum Gasteiger partial charge on any atom is 0.251 e. The van der Waals surface area contributed by atoms with Crippen LogP contribution in [0.3, 0.4) is 0 Å². The Kier molecular flexibility index (Phi) is 6.95. The molecule has 0 aromatic heterocycles. The topological polar surface area (TPSA) is 104 Å². The number of hydrogen-bond donors (Lipinski definition) is 3. The van der Waals surface area contributed by atoms with Gasteiger partial charge in [0, 0.05) is 30.3 Å². The molecule has 1 aromatic carbocycles. The van der Waals surface area contributed by atoms with Gasteiger partial charge >= 0.3 is 0 Å². The van der Waals surface area contributed by atoms with Crippen LogP contribution in [0.15, 0.2) is 24.3 Å². The Balaban J connectivity index is 1.78. The average Bonchev–Trinajstić information content (AvgIpc) is 3.14. The number of hydrogen-bond acceptors (Lipinski definition) is 4. The zero-order valence-electron chi connectivity index (χ0n) is 14.4. The van der Waals surface area contributed by atoms with Crippen molar-refractivity contribution in [3.05, 3.63) is 29.8 Å². The summed E-state index contributed by atoms with van der Waals surface area (Å²) in [5.74, 6) is -0.147. The van der Waals surface area contributed by atoms with Crippen molar-refractivity contribution in [3.8, 4) is 0 Å². The van der Waals surface area contributed by atoms with E-state index in [1.54, 1.807) is 31.2 Å². The lowest BCUT2D eigenvalue weighted by Crippen LogP contribution is -2.35. The van der Waals surface area contributed by atoms with Crippen LogP contribution in [0.2, 0.25) is 0 Å². The standard InChI is InChI=1S/C17H25N3O4S/c1-2-25(23,24)19-12-11-18-16(21)14-7-9-15(10-8-14)20-17(22)13-5-3-4-6-13/h7-10,13,19H,2-6,11-12H2,1H3,(H,18,21)(H,20,22). The first-order valence-electron chi connectivity index (χ1n) is 8.58. The van der Waals surface area contributed by atoms with Crippen molar-refractivity contribution in [3.63, 3.8) is 0 Å². The molecule has 3 N–H and O–H groups in total. The van der Waals surface area contributed by atoms with E-state index in [0.29, 0.717) is 11.3 Å². The van der Waals surface area contributed by atoms with Gasteiger partial charge in [0.15, 0.2) is 0 Å². The van der Waals surface area contributed by atoms with Gasteiger partial charge in [0.25, 0.3) is 5.91 Å². The molecule has 0 heterocycles. The van der Waals surface area contributed by atoms with E-state index in [-0.39, 0.29) is 36.6 Å². The van der Waals surface area contributed by atoms with Crippen LogP contribution in [-0.4, -0.2) is 39.1 Å². The molecule has 1 aromatic rings. The quantitative estimate of drug-likeness (QED) is 0.605. The Morgan fingerprint density at radius 2 is 1.72 bits per heavy atom. The van der Waals surface area contributed by atoms with Crippen LogP contribution in [0.1, 0.15) is 43.0 Å². The summed E-state index contributed by atoms with van der Waals surface area (Å²) in [6.07, 6.45) is 4.08. The van der Waals surface area contributed by atoms with E-state index in [0.717, 1.165) is 25.7 Å². The smallest absolute Gasteiger partial charge is 0.251 e. The minimum Gasteiger partial charge on any atom is -0.351 e. The first-order chi connectivity index (χ1) is 11.9. The fraction of sp³-hybridized carbons (Fsp3) is 0.529. The normalized spacial score (nSPS) is 15.1. The Morgan fingerprint density at radius 1 is 1.08 bits per heavy atom. The van der Waals surface area contributed by atoms with Gasteiger partial charge in [-0.15, -0.1) is 0 Å². The Hall–Kier alpha value is -1.93. The van der Waals surface area contributed by atoms with Crippen molar-refractivity contribution in [2.24, 2.45) is 5.92 Å². The number of anilines is 1. The number of nitrogens with one attached hydrogen (secondary N) is 3. The third kappa shape index (κ3) is 6.13. The highest BCUT2D eigenvalue weighted by Gasteiger charge is 2.22. The van der Waals surface area contributed by atoms with Gasteiger partial charge in [0.05, 0.1) is 5.75 Å². The van der Waals surface area contributed by atoms with Crippen LogP contribution in [-0.2, 0) is 14.8 Å². The van der Waals surface area contributed by atoms with Gasteiger partial charge in [-0.05, 0) is 44.0 Å². The zero-order valence-corrected chi connectivity index (χ0v) is 15.2. The van der Waals surface area contributed by atoms with Gasteiger partial charge < -0.3 is 10.6 Å². The van der Waals surface area contributed by atoms with Gasteiger partial charge in [-0.1, -0.05) is 12.8 Å². The zero-order chi connectivity index (χ0) is 18.3. The maximum absolute atomic E-state index is 12.1. The van der Waals surface area contributed by atoms with Gasteiger partial charge in [-0.2, -0.15) is 0 Å². The van der Waals surface area contributed by atoms with Crippen LogP contribution in [0.4, 0.5) is 5.69 Å². The molecule has 1 aliphatic carbocycles. The van der Waals surface area contributed by atoms with E-state index in [1.807, 2.05) is 0 Å². The summed E-state index contributed by atoms with van der Waals surface area (Å²) in [6, 6.07) is 6.66. The molecule has 0 unspecified atom stereocenters. The monoisotopic (exact) mass is 367 g/mol. The fourth-order valence-corrected chi connectivity index (χ4v) is 3.34. The van der Waals surface area contributed by atoms with E-state index >= 15 is 0 Å². The molecule has 0 spiro atoms. The molecular formula is C17H25N3O4S. The first kappa shape index (κ1) is 19.4. The molecule has 0 aliphatic heterocycles. The number of sulfonamides is 1. The summed E-state index contributed by atoms with van der Waals surface area (Å²) in [6.45, 7) is 1.91. The summed E-state index contributed by atoms with van der Waals surface area (Å²) < 4.78 is 24.9. The van der Waals surface area contributed by atoms with E-state index in [4.69, 9.17) is 0 Å². The fourth-order valence-electron chi connectivity index (χ4n) is 2.72. The van der Waals surface area contributed by atoms with Gasteiger partial charge in [-0.3, -0.25) is 9.59 Å². The summed E-state index contributed by atoms with van der Waals surface area (Å²) in [5.41, 5.74) is 1.13. The molecule has 138 valence electrons. The lowest BCUT2D eigenvalue weighted by molar-refractivity contribution is -0.119. The Bertz CT molecular complexity index is 695. The minimum atomic E-state index is -3.25. The number of carbonyl (C=O) groups excluding carboxylic acids is 2. The van der Waals surface area contributed by atoms with Crippen LogP contribution in [0.5, 0.6) is 0 Å². The van der Waals surface area contributed by atoms with Crippen molar-refractivity contribution in [2.45, 2.75) is 32.6 Å². The van der Waals surface area contributed by atoms with Crippen LogP contribution in [0, 0.1) is 5.92 Å². The number of amides is 2. The van der Waals surface area contributed by atoms with Crippen molar-refractivity contribution in [1.29, 1.82) is 0 Å². The van der Waals surface area contributed by atoms with Crippen molar-refractivity contribution >= 4 is 27.5 Å². The van der Waals surface area contributed by atoms with Crippen LogP contribution >= 0.6 is 0 Å². The molecule has 2 amide bonds. The van der Waals surface area contributed by atoms with Crippen LogP contribution in [0.25, 0.3) is 0 Å². The summed E-state index contributed by atoms with van der Waals surface area (Å²) >= 11 is 0. The van der Waals surface area contributed by atoms with Gasteiger partial charge in [-0.25, -0.2) is 13.1 Å². The highest BCUT2D eigenvalue weighted by atomic mass is 32.2. The molecule has 1 fully saturated rings. The van der Waals surface area contributed by atoms with Gasteiger partial charge in [0.2, 0.25) is 15.9 Å². The van der Waals surface area contributed by atoms with Gasteiger partial charge in [0.1, 0.15) is 0 Å². The second kappa shape index (κ2) is 8.96. The molecule has 0 bridgehead atoms. The number of benzene rings is 1. The van der Waals surface area contributed by atoms with E-state index in [9.17, 15) is 18.0 Å². The molecular weight excluding hydrogens is 342 g/mol. The SMILES string of the molecule is CCS(=O)(=O)NCCNC(=O)c1ccc(NC(=O)C2CCCC2)cc1. The Labute approximate surface area is 148 Å². The predicted molar refractivity (Wildman–Crippen MR) is 96.8 cm³/mol. The second-order valence-corrected chi connectivity index (χ2v) is 8.20. The minimum absolute atomic E-state index is 0.00891. The highest BCUT2D eigenvalue weighted by molar-refractivity contribution is 7.89. The second-order valence-electron chi connectivity index (χ2n) is 6.10. The summed E-state index contributed by atoms with van der Waals surface area (Å²) in [5, 5.41) is 5.53. The lowest BCUT2D eigenvalue weighted by Gasteiger charge is -2.11. The number of carbonyl (C=O) groups is 2. The number of rotatable bonds is 8. The van der Waals surface area contributed by atoms with Crippen molar-refractivity contribution in [1.82, 2.24) is 10.0 Å². The molecule has 0 radical (unpaired) electrons. The largest absolute Gasteiger partial charge is 0.351 e. The van der Waals surface area contributed by atoms with Crippen molar-refractivity contribution in [2.75, 3.05) is 24.2 Å². The van der Waals surface area contributed by atoms with E-state index in [1.165, 1.54) is 0 Å². The molecule has 1 saturated carbocycles. The highest BCUT2D eigenvalue weighted by Crippen LogP contribution is 2.26. The molecule has 0 saturated heterocycles. The molecule has 7 nitrogen and oxygen atoms in total. The third-order valence-corrected chi connectivity index (χ3v) is 5.66. The molecule has 25 heavy (non-hydrogen) atoms. The molecule has 1 aliphatic rings. The summed E-state index contributed by atoms with van der Waals surface area (Å²) in [7, 11) is -3.25. The van der Waals surface area contributed by atoms with E-state index < -0.39 is 10.0 Å². The van der Waals surface area contributed by atoms with Crippen LogP contribution < -0.4 is 15.4 Å².